The minimum atomic E-state index is -1.04. The van der Waals surface area contributed by atoms with Crippen LogP contribution >= 0.6 is 0 Å². The van der Waals surface area contributed by atoms with Crippen LogP contribution < -0.4 is 4.74 Å². The van der Waals surface area contributed by atoms with E-state index in [4.69, 9.17) is 9.84 Å². The highest BCUT2D eigenvalue weighted by molar-refractivity contribution is 5.87. The highest BCUT2D eigenvalue weighted by Gasteiger charge is 2.22. The van der Waals surface area contributed by atoms with Crippen molar-refractivity contribution in [2.24, 2.45) is 0 Å². The van der Waals surface area contributed by atoms with Crippen molar-refractivity contribution in [1.82, 2.24) is 0 Å². The zero-order chi connectivity index (χ0) is 17.7. The Morgan fingerprint density at radius 1 is 1.08 bits per heavy atom. The van der Waals surface area contributed by atoms with Crippen LogP contribution in [0.4, 0.5) is 0 Å². The van der Waals surface area contributed by atoms with Crippen LogP contribution in [0.2, 0.25) is 0 Å². The van der Waals surface area contributed by atoms with Gasteiger partial charge in [-0.25, -0.2) is 4.79 Å². The van der Waals surface area contributed by atoms with E-state index >= 15 is 0 Å². The highest BCUT2D eigenvalue weighted by Crippen LogP contribution is 2.28. The molecule has 0 radical (unpaired) electrons. The molecule has 0 amide bonds. The lowest BCUT2D eigenvalue weighted by Crippen LogP contribution is -2.15. The number of rotatable bonds is 7. The van der Waals surface area contributed by atoms with Crippen LogP contribution in [0.25, 0.3) is 0 Å². The Morgan fingerprint density at radius 2 is 1.75 bits per heavy atom. The number of aliphatic carboxylic acids is 1. The molecule has 2 aromatic carbocycles. The monoisotopic (exact) mass is 328 g/mol. The number of carbonyl (C=O) groups is 2. The molecule has 0 saturated heterocycles. The van der Waals surface area contributed by atoms with Gasteiger partial charge in [0, 0.05) is 0 Å². The Labute approximate surface area is 140 Å². The SMILES string of the molecule is CCc1ccc(OC)c(CC(C(=O)O)c2ccc(C(=O)O)cc2)c1. The molecule has 5 heteroatoms. The molecule has 0 aliphatic rings. The Balaban J connectivity index is 2.35. The van der Waals surface area contributed by atoms with Crippen LogP contribution in [0.1, 0.15) is 39.9 Å². The average Bonchev–Trinajstić information content (AvgIpc) is 2.59. The second kappa shape index (κ2) is 7.64. The van der Waals surface area contributed by atoms with Crippen molar-refractivity contribution in [3.63, 3.8) is 0 Å². The van der Waals surface area contributed by atoms with Gasteiger partial charge in [0.25, 0.3) is 0 Å². The van der Waals surface area contributed by atoms with Crippen LogP contribution in [0.5, 0.6) is 5.75 Å². The van der Waals surface area contributed by atoms with Gasteiger partial charge in [0.15, 0.2) is 0 Å². The quantitative estimate of drug-likeness (QED) is 0.814. The van der Waals surface area contributed by atoms with Gasteiger partial charge in [-0.3, -0.25) is 4.79 Å². The van der Waals surface area contributed by atoms with E-state index in [1.807, 2.05) is 25.1 Å². The summed E-state index contributed by atoms with van der Waals surface area (Å²) < 4.78 is 5.34. The molecule has 126 valence electrons. The van der Waals surface area contributed by atoms with Crippen LogP contribution in [-0.4, -0.2) is 29.3 Å². The van der Waals surface area contributed by atoms with Crippen molar-refractivity contribution in [3.8, 4) is 5.75 Å². The van der Waals surface area contributed by atoms with E-state index in [1.54, 1.807) is 19.2 Å². The van der Waals surface area contributed by atoms with Gasteiger partial charge in [-0.1, -0.05) is 31.2 Å². The third kappa shape index (κ3) is 3.93. The molecule has 2 rings (SSSR count). The molecule has 0 aliphatic heterocycles. The minimum Gasteiger partial charge on any atom is -0.496 e. The van der Waals surface area contributed by atoms with Gasteiger partial charge in [-0.05, 0) is 47.7 Å². The van der Waals surface area contributed by atoms with Crippen molar-refractivity contribution in [2.45, 2.75) is 25.7 Å². The average molecular weight is 328 g/mol. The lowest BCUT2D eigenvalue weighted by molar-refractivity contribution is -0.138. The molecular weight excluding hydrogens is 308 g/mol. The zero-order valence-corrected chi connectivity index (χ0v) is 13.7. The Hall–Kier alpha value is -2.82. The molecule has 0 aromatic heterocycles. The summed E-state index contributed by atoms with van der Waals surface area (Å²) in [7, 11) is 1.56. The first kappa shape index (κ1) is 17.5. The summed E-state index contributed by atoms with van der Waals surface area (Å²) in [5.74, 6) is -2.11. The van der Waals surface area contributed by atoms with Crippen molar-refractivity contribution < 1.29 is 24.5 Å². The normalized spacial score (nSPS) is 11.8. The molecule has 0 saturated carbocycles. The van der Waals surface area contributed by atoms with Crippen molar-refractivity contribution >= 4 is 11.9 Å². The Bertz CT molecular complexity index is 734. The zero-order valence-electron chi connectivity index (χ0n) is 13.7. The van der Waals surface area contributed by atoms with Gasteiger partial charge in [-0.2, -0.15) is 0 Å². The van der Waals surface area contributed by atoms with Gasteiger partial charge < -0.3 is 14.9 Å². The maximum atomic E-state index is 11.7. The number of carboxylic acid groups (broad SMARTS) is 2. The van der Waals surface area contributed by atoms with Crippen molar-refractivity contribution in [3.05, 3.63) is 64.7 Å². The number of aromatic carboxylic acids is 1. The van der Waals surface area contributed by atoms with Gasteiger partial charge >= 0.3 is 11.9 Å². The second-order valence-electron chi connectivity index (χ2n) is 5.52. The number of ether oxygens (including phenoxy) is 1. The summed E-state index contributed by atoms with van der Waals surface area (Å²) in [4.78, 5) is 22.6. The number of benzene rings is 2. The molecule has 2 N–H and O–H groups in total. The second-order valence-corrected chi connectivity index (χ2v) is 5.52. The topological polar surface area (TPSA) is 83.8 Å². The van der Waals surface area contributed by atoms with E-state index < -0.39 is 17.9 Å². The molecule has 5 nitrogen and oxygen atoms in total. The molecule has 0 heterocycles. The lowest BCUT2D eigenvalue weighted by atomic mass is 9.90. The van der Waals surface area contributed by atoms with E-state index in [9.17, 15) is 14.7 Å². The summed E-state index contributed by atoms with van der Waals surface area (Å²) in [5.41, 5.74) is 2.63. The first-order valence-electron chi connectivity index (χ1n) is 7.68. The fourth-order valence-electron chi connectivity index (χ4n) is 2.64. The Kier molecular flexibility index (Phi) is 5.58. The molecule has 0 fully saturated rings. The predicted molar refractivity (Wildman–Crippen MR) is 89.9 cm³/mol. The molecule has 24 heavy (non-hydrogen) atoms. The summed E-state index contributed by atoms with van der Waals surface area (Å²) in [6.45, 7) is 2.03. The van der Waals surface area contributed by atoms with Gasteiger partial charge in [-0.15, -0.1) is 0 Å². The minimum absolute atomic E-state index is 0.133. The third-order valence-electron chi connectivity index (χ3n) is 4.04. The van der Waals surface area contributed by atoms with E-state index in [0.717, 1.165) is 17.5 Å². The van der Waals surface area contributed by atoms with Gasteiger partial charge in [0.05, 0.1) is 18.6 Å². The molecule has 0 spiro atoms. The number of aryl methyl sites for hydroxylation is 1. The summed E-state index contributed by atoms with van der Waals surface area (Å²) in [6, 6.07) is 11.7. The lowest BCUT2D eigenvalue weighted by Gasteiger charge is -2.16. The summed E-state index contributed by atoms with van der Waals surface area (Å²) in [5, 5.41) is 18.6. The Morgan fingerprint density at radius 3 is 2.25 bits per heavy atom. The smallest absolute Gasteiger partial charge is 0.335 e. The number of carboxylic acids is 2. The molecule has 1 unspecified atom stereocenters. The predicted octanol–water partition coefficient (Wildman–Crippen LogP) is 3.37. The molecule has 0 aliphatic carbocycles. The first-order chi connectivity index (χ1) is 11.5. The summed E-state index contributed by atoms with van der Waals surface area (Å²) in [6.07, 6.45) is 1.13. The van der Waals surface area contributed by atoms with E-state index in [2.05, 4.69) is 0 Å². The van der Waals surface area contributed by atoms with Gasteiger partial charge in [0.2, 0.25) is 0 Å². The molecule has 1 atom stereocenters. The van der Waals surface area contributed by atoms with Crippen LogP contribution in [0.15, 0.2) is 42.5 Å². The largest absolute Gasteiger partial charge is 0.496 e. The third-order valence-corrected chi connectivity index (χ3v) is 4.04. The summed E-state index contributed by atoms with van der Waals surface area (Å²) >= 11 is 0. The molecule has 2 aromatic rings. The molecule has 0 bridgehead atoms. The van der Waals surface area contributed by atoms with Crippen molar-refractivity contribution in [2.75, 3.05) is 7.11 Å². The first-order valence-corrected chi connectivity index (χ1v) is 7.68. The standard InChI is InChI=1S/C19H20O5/c1-3-12-4-9-17(24-2)15(10-12)11-16(19(22)23)13-5-7-14(8-6-13)18(20)21/h4-10,16H,3,11H2,1-2H3,(H,20,21)(H,22,23). The van der Waals surface area contributed by atoms with Crippen LogP contribution in [-0.2, 0) is 17.6 Å². The molecular formula is C19H20O5. The van der Waals surface area contributed by atoms with Crippen LogP contribution in [0.3, 0.4) is 0 Å². The number of hydrogen-bond donors (Lipinski definition) is 2. The van der Waals surface area contributed by atoms with Crippen LogP contribution in [0, 0.1) is 0 Å². The van der Waals surface area contributed by atoms with E-state index in [-0.39, 0.29) is 12.0 Å². The number of hydrogen-bond acceptors (Lipinski definition) is 3. The maximum Gasteiger partial charge on any atom is 0.335 e. The number of methoxy groups -OCH3 is 1. The van der Waals surface area contributed by atoms with Gasteiger partial charge in [0.1, 0.15) is 5.75 Å². The highest BCUT2D eigenvalue weighted by atomic mass is 16.5. The fourth-order valence-corrected chi connectivity index (χ4v) is 2.64. The van der Waals surface area contributed by atoms with Crippen molar-refractivity contribution in [1.29, 1.82) is 0 Å². The van der Waals surface area contributed by atoms with E-state index in [0.29, 0.717) is 11.3 Å². The van der Waals surface area contributed by atoms with E-state index in [1.165, 1.54) is 12.1 Å². The fraction of sp³-hybridized carbons (Fsp3) is 0.263. The maximum absolute atomic E-state index is 11.7.